The Balaban J connectivity index is 2.01. The minimum Gasteiger partial charge on any atom is -0.489 e. The number of hydrogen-bond acceptors (Lipinski definition) is 6. The van der Waals surface area contributed by atoms with Crippen molar-refractivity contribution >= 4 is 17.6 Å². The van der Waals surface area contributed by atoms with Gasteiger partial charge in [0.25, 0.3) is 5.91 Å². The van der Waals surface area contributed by atoms with Crippen LogP contribution in [0.15, 0.2) is 24.3 Å². The molecule has 164 valence electrons. The second-order valence-electron chi connectivity index (χ2n) is 6.34. The second-order valence-corrected chi connectivity index (χ2v) is 6.34. The van der Waals surface area contributed by atoms with Crippen molar-refractivity contribution in [1.29, 1.82) is 0 Å². The SMILES string of the molecule is COCCOc1ccc(C(F)(F)F)cc1NC(=O)COC(=O)Cn1nc(C)cc1C. The zero-order chi connectivity index (χ0) is 22.3. The van der Waals surface area contributed by atoms with Crippen LogP contribution in [0, 0.1) is 13.8 Å². The maximum atomic E-state index is 13.0. The molecule has 1 amide bonds. The van der Waals surface area contributed by atoms with Crippen LogP contribution in [0.4, 0.5) is 18.9 Å². The third-order valence-corrected chi connectivity index (χ3v) is 3.87. The smallest absolute Gasteiger partial charge is 0.416 e. The first-order chi connectivity index (χ1) is 14.1. The Bertz CT molecular complexity index is 896. The second kappa shape index (κ2) is 10.1. The van der Waals surface area contributed by atoms with Crippen molar-refractivity contribution in [3.8, 4) is 5.75 Å². The molecule has 1 heterocycles. The summed E-state index contributed by atoms with van der Waals surface area (Å²) in [6.45, 7) is 2.94. The number of carbonyl (C=O) groups excluding carboxylic acids is 2. The van der Waals surface area contributed by atoms with Gasteiger partial charge in [0.05, 0.1) is 23.6 Å². The Kier molecular flexibility index (Phi) is 7.81. The zero-order valence-corrected chi connectivity index (χ0v) is 16.7. The standard InChI is InChI=1S/C19H22F3N3O5/c1-12-8-13(2)25(24-12)10-18(27)30-11-17(26)23-15-9-14(19(20,21)22)4-5-16(15)29-7-6-28-3/h4-5,8-9H,6-7,10-11H2,1-3H3,(H,23,26). The van der Waals surface area contributed by atoms with Crippen LogP contribution in [0.3, 0.4) is 0 Å². The molecule has 0 saturated carbocycles. The number of anilines is 1. The van der Waals surface area contributed by atoms with E-state index >= 15 is 0 Å². The molecule has 0 aliphatic heterocycles. The van der Waals surface area contributed by atoms with E-state index in [0.29, 0.717) is 0 Å². The van der Waals surface area contributed by atoms with E-state index < -0.39 is 30.2 Å². The van der Waals surface area contributed by atoms with Gasteiger partial charge in [-0.15, -0.1) is 0 Å². The number of carbonyl (C=O) groups is 2. The van der Waals surface area contributed by atoms with Gasteiger partial charge in [0.2, 0.25) is 0 Å². The van der Waals surface area contributed by atoms with Gasteiger partial charge in [0, 0.05) is 12.8 Å². The Morgan fingerprint density at radius 2 is 1.90 bits per heavy atom. The molecule has 0 aliphatic carbocycles. The van der Waals surface area contributed by atoms with Crippen LogP contribution in [0.25, 0.3) is 0 Å². The summed E-state index contributed by atoms with van der Waals surface area (Å²) >= 11 is 0. The summed E-state index contributed by atoms with van der Waals surface area (Å²) in [6, 6.07) is 4.46. The number of amides is 1. The number of benzene rings is 1. The average Bonchev–Trinajstić information content (AvgIpc) is 2.97. The molecule has 0 atom stereocenters. The molecular weight excluding hydrogens is 407 g/mol. The molecule has 30 heavy (non-hydrogen) atoms. The summed E-state index contributed by atoms with van der Waals surface area (Å²) in [5.74, 6) is -1.49. The normalized spacial score (nSPS) is 11.3. The van der Waals surface area contributed by atoms with Crippen molar-refractivity contribution in [2.75, 3.05) is 32.2 Å². The predicted octanol–water partition coefficient (Wildman–Crippen LogP) is 2.73. The quantitative estimate of drug-likeness (QED) is 0.487. The molecule has 2 rings (SSSR count). The van der Waals surface area contributed by atoms with Gasteiger partial charge >= 0.3 is 12.1 Å². The molecule has 0 fully saturated rings. The molecule has 8 nitrogen and oxygen atoms in total. The first-order valence-electron chi connectivity index (χ1n) is 8.89. The summed E-state index contributed by atoms with van der Waals surface area (Å²) < 4.78 is 55.4. The van der Waals surface area contributed by atoms with Gasteiger partial charge in [-0.3, -0.25) is 14.3 Å². The number of esters is 1. The van der Waals surface area contributed by atoms with Crippen molar-refractivity contribution in [3.05, 3.63) is 41.2 Å². The van der Waals surface area contributed by atoms with E-state index in [9.17, 15) is 22.8 Å². The van der Waals surface area contributed by atoms with Crippen LogP contribution in [0.1, 0.15) is 17.0 Å². The maximum absolute atomic E-state index is 13.0. The van der Waals surface area contributed by atoms with Crippen LogP contribution >= 0.6 is 0 Å². The van der Waals surface area contributed by atoms with Gasteiger partial charge < -0.3 is 19.5 Å². The average molecular weight is 429 g/mol. The van der Waals surface area contributed by atoms with E-state index in [1.807, 2.05) is 0 Å². The number of alkyl halides is 3. The summed E-state index contributed by atoms with van der Waals surface area (Å²) in [5, 5.41) is 6.39. The van der Waals surface area contributed by atoms with Crippen molar-refractivity contribution in [3.63, 3.8) is 0 Å². The van der Waals surface area contributed by atoms with Gasteiger partial charge in [0.1, 0.15) is 18.9 Å². The fraction of sp³-hybridized carbons (Fsp3) is 0.421. The van der Waals surface area contributed by atoms with Gasteiger partial charge in [0.15, 0.2) is 6.61 Å². The van der Waals surface area contributed by atoms with E-state index in [2.05, 4.69) is 10.4 Å². The number of nitrogens with one attached hydrogen (secondary N) is 1. The lowest BCUT2D eigenvalue weighted by Gasteiger charge is -2.15. The molecule has 2 aromatic rings. The molecule has 1 N–H and O–H groups in total. The molecule has 0 saturated heterocycles. The summed E-state index contributed by atoms with van der Waals surface area (Å²) in [5.41, 5.74) is 0.318. The van der Waals surface area contributed by atoms with Gasteiger partial charge in [-0.25, -0.2) is 0 Å². The Labute approximate surface area is 170 Å². The molecule has 11 heteroatoms. The molecular formula is C19H22F3N3O5. The van der Waals surface area contributed by atoms with Crippen LogP contribution in [0.2, 0.25) is 0 Å². The van der Waals surface area contributed by atoms with Crippen LogP contribution in [-0.2, 0) is 31.8 Å². The highest BCUT2D eigenvalue weighted by molar-refractivity contribution is 5.94. The fourth-order valence-corrected chi connectivity index (χ4v) is 2.50. The Hall–Kier alpha value is -3.08. The number of rotatable bonds is 9. The third-order valence-electron chi connectivity index (χ3n) is 3.87. The molecule has 1 aromatic heterocycles. The highest BCUT2D eigenvalue weighted by Gasteiger charge is 2.31. The van der Waals surface area contributed by atoms with Gasteiger partial charge in [-0.1, -0.05) is 0 Å². The third kappa shape index (κ3) is 6.76. The molecule has 0 spiro atoms. The number of aromatic nitrogens is 2. The summed E-state index contributed by atoms with van der Waals surface area (Å²) in [4.78, 5) is 24.0. The number of nitrogens with zero attached hydrogens (tertiary/aromatic N) is 2. The number of ether oxygens (including phenoxy) is 3. The lowest BCUT2D eigenvalue weighted by molar-refractivity contribution is -0.148. The van der Waals surface area contributed by atoms with E-state index in [4.69, 9.17) is 14.2 Å². The minimum atomic E-state index is -4.60. The minimum absolute atomic E-state index is 0.0300. The highest BCUT2D eigenvalue weighted by atomic mass is 19.4. The van der Waals surface area contributed by atoms with Crippen molar-refractivity contribution in [1.82, 2.24) is 9.78 Å². The van der Waals surface area contributed by atoms with E-state index in [1.165, 1.54) is 11.8 Å². The Morgan fingerprint density at radius 1 is 1.17 bits per heavy atom. The predicted molar refractivity (Wildman–Crippen MR) is 100 cm³/mol. The number of methoxy groups -OCH3 is 1. The van der Waals surface area contributed by atoms with E-state index in [-0.39, 0.29) is 31.2 Å². The van der Waals surface area contributed by atoms with Gasteiger partial charge in [-0.05, 0) is 38.1 Å². The fourth-order valence-electron chi connectivity index (χ4n) is 2.50. The molecule has 1 aromatic carbocycles. The van der Waals surface area contributed by atoms with Crippen LogP contribution in [-0.4, -0.2) is 48.6 Å². The number of halogens is 3. The lowest BCUT2D eigenvalue weighted by atomic mass is 10.1. The zero-order valence-electron chi connectivity index (χ0n) is 16.7. The van der Waals surface area contributed by atoms with Crippen molar-refractivity contribution in [2.45, 2.75) is 26.6 Å². The molecule has 0 radical (unpaired) electrons. The van der Waals surface area contributed by atoms with Crippen LogP contribution < -0.4 is 10.1 Å². The molecule has 0 bridgehead atoms. The topological polar surface area (TPSA) is 91.7 Å². The first kappa shape index (κ1) is 23.2. The number of aryl methyl sites for hydroxylation is 2. The van der Waals surface area contributed by atoms with Gasteiger partial charge in [-0.2, -0.15) is 18.3 Å². The van der Waals surface area contributed by atoms with E-state index in [0.717, 1.165) is 29.6 Å². The highest BCUT2D eigenvalue weighted by Crippen LogP contribution is 2.35. The molecule has 0 aliphatic rings. The summed E-state index contributed by atoms with van der Waals surface area (Å²) in [6.07, 6.45) is -4.60. The number of hydrogen-bond donors (Lipinski definition) is 1. The van der Waals surface area contributed by atoms with Crippen molar-refractivity contribution in [2.24, 2.45) is 0 Å². The monoisotopic (exact) mass is 429 g/mol. The lowest BCUT2D eigenvalue weighted by Crippen LogP contribution is -2.24. The largest absolute Gasteiger partial charge is 0.489 e. The first-order valence-corrected chi connectivity index (χ1v) is 8.89. The Morgan fingerprint density at radius 3 is 2.50 bits per heavy atom. The van der Waals surface area contributed by atoms with E-state index in [1.54, 1.807) is 19.9 Å². The summed E-state index contributed by atoms with van der Waals surface area (Å²) in [7, 11) is 1.44. The van der Waals surface area contributed by atoms with Crippen LogP contribution in [0.5, 0.6) is 5.75 Å². The van der Waals surface area contributed by atoms with Crippen molar-refractivity contribution < 1.29 is 37.0 Å². The molecule has 0 unspecified atom stereocenters. The maximum Gasteiger partial charge on any atom is 0.416 e.